The van der Waals surface area contributed by atoms with Crippen molar-refractivity contribution in [3.8, 4) is 11.5 Å². The quantitative estimate of drug-likeness (QED) is 0.496. The molecular formula is C22H29N3O4S2. The molecule has 1 fully saturated rings. The lowest BCUT2D eigenvalue weighted by atomic mass is 10.0. The number of likely N-dealkylation sites (tertiary alicyclic amines) is 1. The van der Waals surface area contributed by atoms with Gasteiger partial charge in [-0.1, -0.05) is 31.5 Å². The highest BCUT2D eigenvalue weighted by molar-refractivity contribution is 7.89. The van der Waals surface area contributed by atoms with Crippen molar-refractivity contribution in [2.75, 3.05) is 19.6 Å². The molecule has 168 valence electrons. The molecule has 0 bridgehead atoms. The third-order valence-electron chi connectivity index (χ3n) is 5.44. The number of sulfonamides is 1. The summed E-state index contributed by atoms with van der Waals surface area (Å²) in [6.07, 6.45) is 1.20. The molecule has 7 nitrogen and oxygen atoms in total. The van der Waals surface area contributed by atoms with E-state index in [1.807, 2.05) is 37.3 Å². The molecular weight excluding hydrogens is 434 g/mol. The number of rotatable bonds is 9. The van der Waals surface area contributed by atoms with Crippen LogP contribution in [-0.2, 0) is 14.8 Å². The molecule has 3 atom stereocenters. The highest BCUT2D eigenvalue weighted by Gasteiger charge is 2.36. The minimum Gasteiger partial charge on any atom is -0.457 e. The number of hydrogen-bond acceptors (Lipinski definition) is 6. The first kappa shape index (κ1) is 23.6. The first-order valence-electron chi connectivity index (χ1n) is 10.3. The molecule has 0 saturated carbocycles. The van der Waals surface area contributed by atoms with Gasteiger partial charge in [0.15, 0.2) is 0 Å². The maximum Gasteiger partial charge on any atom is 0.240 e. The Kier molecular flexibility index (Phi) is 7.99. The number of ether oxygens (including phenoxy) is 1. The van der Waals surface area contributed by atoms with Crippen molar-refractivity contribution >= 4 is 28.6 Å². The van der Waals surface area contributed by atoms with Gasteiger partial charge < -0.3 is 15.4 Å². The van der Waals surface area contributed by atoms with Crippen LogP contribution in [0.3, 0.4) is 0 Å². The van der Waals surface area contributed by atoms with Crippen LogP contribution in [0.4, 0.5) is 0 Å². The number of amides is 1. The lowest BCUT2D eigenvalue weighted by molar-refractivity contribution is -0.131. The number of nitrogens with zero attached hydrogens (tertiary/aromatic N) is 1. The van der Waals surface area contributed by atoms with Crippen LogP contribution in [0.2, 0.25) is 0 Å². The minimum absolute atomic E-state index is 0.0135. The number of nitrogens with one attached hydrogen (secondary N) is 1. The van der Waals surface area contributed by atoms with Crippen LogP contribution in [0.15, 0.2) is 59.5 Å². The van der Waals surface area contributed by atoms with Gasteiger partial charge in [-0.25, -0.2) is 13.1 Å². The first-order chi connectivity index (χ1) is 14.8. The maximum absolute atomic E-state index is 12.8. The summed E-state index contributed by atoms with van der Waals surface area (Å²) in [7, 11) is -3.76. The van der Waals surface area contributed by atoms with Gasteiger partial charge in [0.05, 0.1) is 10.9 Å². The Morgan fingerprint density at radius 2 is 1.81 bits per heavy atom. The van der Waals surface area contributed by atoms with Gasteiger partial charge in [-0.15, -0.1) is 0 Å². The summed E-state index contributed by atoms with van der Waals surface area (Å²) >= 11 is 4.51. The summed E-state index contributed by atoms with van der Waals surface area (Å²) in [5, 5.41) is -0.280. The number of para-hydroxylation sites is 1. The van der Waals surface area contributed by atoms with Crippen LogP contribution in [0, 0.1) is 5.92 Å². The molecule has 9 heteroatoms. The van der Waals surface area contributed by atoms with Crippen LogP contribution in [0.25, 0.3) is 0 Å². The molecule has 0 aromatic heterocycles. The van der Waals surface area contributed by atoms with Gasteiger partial charge >= 0.3 is 0 Å². The second kappa shape index (κ2) is 10.5. The predicted octanol–water partition coefficient (Wildman–Crippen LogP) is 2.64. The third kappa shape index (κ3) is 6.22. The topological polar surface area (TPSA) is 102 Å². The summed E-state index contributed by atoms with van der Waals surface area (Å²) < 4.78 is 34.1. The monoisotopic (exact) mass is 463 g/mol. The van der Waals surface area contributed by atoms with E-state index < -0.39 is 16.1 Å². The van der Waals surface area contributed by atoms with E-state index in [4.69, 9.17) is 10.5 Å². The number of thiol groups is 1. The third-order valence-corrected chi connectivity index (χ3v) is 7.46. The Hall–Kier alpha value is -2.07. The molecule has 3 rings (SSSR count). The van der Waals surface area contributed by atoms with Crippen molar-refractivity contribution in [1.82, 2.24) is 9.62 Å². The smallest absolute Gasteiger partial charge is 0.240 e. The van der Waals surface area contributed by atoms with Gasteiger partial charge in [-0.2, -0.15) is 12.6 Å². The fourth-order valence-corrected chi connectivity index (χ4v) is 5.19. The number of hydrogen-bond donors (Lipinski definition) is 3. The predicted molar refractivity (Wildman–Crippen MR) is 124 cm³/mol. The zero-order valence-electron chi connectivity index (χ0n) is 17.5. The van der Waals surface area contributed by atoms with E-state index >= 15 is 0 Å². The fourth-order valence-electron chi connectivity index (χ4n) is 3.46. The van der Waals surface area contributed by atoms with Gasteiger partial charge in [0.25, 0.3) is 0 Å². The lowest BCUT2D eigenvalue weighted by Gasteiger charge is -2.20. The summed E-state index contributed by atoms with van der Waals surface area (Å²) in [6.45, 7) is 3.16. The van der Waals surface area contributed by atoms with E-state index in [9.17, 15) is 13.2 Å². The van der Waals surface area contributed by atoms with E-state index in [-0.39, 0.29) is 22.0 Å². The Bertz CT molecular complexity index is 964. The summed E-state index contributed by atoms with van der Waals surface area (Å²) in [4.78, 5) is 14.3. The van der Waals surface area contributed by atoms with Gasteiger partial charge in [0, 0.05) is 24.8 Å². The van der Waals surface area contributed by atoms with Crippen LogP contribution in [0.5, 0.6) is 11.5 Å². The van der Waals surface area contributed by atoms with E-state index in [0.29, 0.717) is 37.6 Å². The Morgan fingerprint density at radius 1 is 1.16 bits per heavy atom. The second-order valence-electron chi connectivity index (χ2n) is 7.69. The molecule has 0 radical (unpaired) electrons. The molecule has 2 aromatic carbocycles. The Labute approximate surface area is 189 Å². The average molecular weight is 464 g/mol. The highest BCUT2D eigenvalue weighted by Crippen LogP contribution is 2.24. The number of carbonyl (C=O) groups is 1. The van der Waals surface area contributed by atoms with Crippen LogP contribution in [0.1, 0.15) is 19.8 Å². The minimum atomic E-state index is -3.76. The Morgan fingerprint density at radius 3 is 2.42 bits per heavy atom. The van der Waals surface area contributed by atoms with Crippen molar-refractivity contribution < 1.29 is 17.9 Å². The molecule has 31 heavy (non-hydrogen) atoms. The summed E-state index contributed by atoms with van der Waals surface area (Å²) in [6, 6.07) is 15.0. The fraction of sp³-hybridized carbons (Fsp3) is 0.409. The molecule has 1 amide bonds. The van der Waals surface area contributed by atoms with Gasteiger partial charge in [0.1, 0.15) is 11.5 Å². The highest BCUT2D eigenvalue weighted by atomic mass is 32.2. The number of nitrogens with two attached hydrogens (primary N) is 1. The first-order valence-corrected chi connectivity index (χ1v) is 12.3. The average Bonchev–Trinajstić information content (AvgIpc) is 3.12. The molecule has 0 aliphatic carbocycles. The van der Waals surface area contributed by atoms with Crippen molar-refractivity contribution in [1.29, 1.82) is 0 Å². The van der Waals surface area contributed by atoms with E-state index in [0.717, 1.165) is 6.42 Å². The van der Waals surface area contributed by atoms with Crippen molar-refractivity contribution in [2.24, 2.45) is 11.7 Å². The summed E-state index contributed by atoms with van der Waals surface area (Å²) in [5.41, 5.74) is 5.70. The zero-order valence-corrected chi connectivity index (χ0v) is 19.2. The van der Waals surface area contributed by atoms with E-state index in [1.165, 1.54) is 12.1 Å². The number of benzene rings is 2. The van der Waals surface area contributed by atoms with Crippen molar-refractivity contribution in [3.05, 3.63) is 54.6 Å². The van der Waals surface area contributed by atoms with Crippen LogP contribution < -0.4 is 15.2 Å². The molecule has 1 heterocycles. The van der Waals surface area contributed by atoms with E-state index in [2.05, 4.69) is 17.4 Å². The molecule has 1 aliphatic heterocycles. The van der Waals surface area contributed by atoms with Crippen LogP contribution in [-0.4, -0.2) is 50.2 Å². The number of carbonyl (C=O) groups excluding carboxylic acids is 1. The lowest BCUT2D eigenvalue weighted by Crippen LogP contribution is -2.41. The molecule has 0 spiro atoms. The SMILES string of the molecule is CCC(CN)CC(=O)N1C[C@H](NS(=O)(=O)c2ccc(Oc3ccccc3)cc2)[C@@H](S)C1. The maximum atomic E-state index is 12.8. The molecule has 1 saturated heterocycles. The zero-order chi connectivity index (χ0) is 22.4. The molecule has 2 aromatic rings. The van der Waals surface area contributed by atoms with Gasteiger partial charge in [0.2, 0.25) is 15.9 Å². The standard InChI is InChI=1S/C22H29N3O4S2/c1-2-16(13-23)12-22(26)25-14-20(21(30)15-25)24-31(27,28)19-10-8-18(9-11-19)29-17-6-4-3-5-7-17/h3-11,16,20-21,24,30H,2,12-15,23H2,1H3/t16?,20-,21-/m0/s1. The van der Waals surface area contributed by atoms with Gasteiger partial charge in [-0.05, 0) is 48.9 Å². The van der Waals surface area contributed by atoms with Crippen molar-refractivity contribution in [2.45, 2.75) is 36.0 Å². The molecule has 3 N–H and O–H groups in total. The summed E-state index contributed by atoms with van der Waals surface area (Å²) in [5.74, 6) is 1.34. The largest absolute Gasteiger partial charge is 0.457 e. The van der Waals surface area contributed by atoms with Crippen molar-refractivity contribution in [3.63, 3.8) is 0 Å². The van der Waals surface area contributed by atoms with Gasteiger partial charge in [-0.3, -0.25) is 4.79 Å². The van der Waals surface area contributed by atoms with Crippen LogP contribution >= 0.6 is 12.6 Å². The van der Waals surface area contributed by atoms with E-state index in [1.54, 1.807) is 17.0 Å². The second-order valence-corrected chi connectivity index (χ2v) is 10.1. The normalized spacial score (nSPS) is 19.9. The molecule has 1 aliphatic rings. The Balaban J connectivity index is 1.61. The molecule has 1 unspecified atom stereocenters.